The van der Waals surface area contributed by atoms with Gasteiger partial charge in [0.05, 0.1) is 0 Å². The summed E-state index contributed by atoms with van der Waals surface area (Å²) in [7, 11) is 0. The Labute approximate surface area is 129 Å². The van der Waals surface area contributed by atoms with Gasteiger partial charge in [-0.05, 0) is 0 Å². The summed E-state index contributed by atoms with van der Waals surface area (Å²) in [4.78, 5) is 0. The molecule has 0 aliphatic rings. The van der Waals surface area contributed by atoms with E-state index in [4.69, 9.17) is 0 Å². The van der Waals surface area contributed by atoms with E-state index in [2.05, 4.69) is 105 Å². The SMILES string of the molecule is Br[AsH](c1ccccc1)(c1ccccc1)c1ccccc1. The zero-order valence-corrected chi connectivity index (χ0v) is 14.7. The predicted molar refractivity (Wildman–Crippen MR) is 94.3 cm³/mol. The van der Waals surface area contributed by atoms with Crippen LogP contribution in [0.25, 0.3) is 0 Å². The van der Waals surface area contributed by atoms with Crippen molar-refractivity contribution >= 4 is 38.7 Å². The normalized spacial score (nSPS) is 12.1. The van der Waals surface area contributed by atoms with Crippen molar-refractivity contribution in [2.45, 2.75) is 0 Å². The standard InChI is InChI=1S/C18H16AsBr/c20-19(16-10-4-1-5-11-16,17-12-6-2-7-13-17)18-14-8-3-9-15-18/h1-15,19H. The first kappa shape index (κ1) is 13.7. The van der Waals surface area contributed by atoms with Crippen LogP contribution in [0.1, 0.15) is 0 Å². The summed E-state index contributed by atoms with van der Waals surface area (Å²) in [6.45, 7) is 0. The van der Waals surface area contributed by atoms with Crippen molar-refractivity contribution in [3.63, 3.8) is 0 Å². The van der Waals surface area contributed by atoms with Gasteiger partial charge in [0, 0.05) is 0 Å². The molecular weight excluding hydrogens is 371 g/mol. The Morgan fingerprint density at radius 1 is 0.450 bits per heavy atom. The van der Waals surface area contributed by atoms with Crippen LogP contribution in [0.15, 0.2) is 91.0 Å². The van der Waals surface area contributed by atoms with E-state index in [1.54, 1.807) is 0 Å². The molecular formula is C18H16AsBr. The fraction of sp³-hybridized carbons (Fsp3) is 0. The van der Waals surface area contributed by atoms with Gasteiger partial charge in [-0.3, -0.25) is 0 Å². The van der Waals surface area contributed by atoms with Crippen LogP contribution in [0, 0.1) is 0 Å². The second-order valence-electron chi connectivity index (χ2n) is 4.76. The molecule has 0 atom stereocenters. The van der Waals surface area contributed by atoms with Gasteiger partial charge in [0.15, 0.2) is 0 Å². The average molecular weight is 387 g/mol. The van der Waals surface area contributed by atoms with Crippen LogP contribution in [0.3, 0.4) is 0 Å². The molecule has 3 rings (SSSR count). The second-order valence-corrected chi connectivity index (χ2v) is 17.3. The van der Waals surface area contributed by atoms with Crippen LogP contribution in [0.2, 0.25) is 0 Å². The first-order valence-electron chi connectivity index (χ1n) is 6.67. The summed E-state index contributed by atoms with van der Waals surface area (Å²) in [6, 6.07) is 32.5. The predicted octanol–water partition coefficient (Wildman–Crippen LogP) is 2.78. The van der Waals surface area contributed by atoms with Gasteiger partial charge in [-0.1, -0.05) is 0 Å². The number of rotatable bonds is 3. The molecule has 100 valence electrons. The topological polar surface area (TPSA) is 0 Å². The molecule has 0 N–H and O–H groups in total. The second kappa shape index (κ2) is 5.99. The van der Waals surface area contributed by atoms with Crippen LogP contribution in [-0.2, 0) is 0 Å². The fourth-order valence-electron chi connectivity index (χ4n) is 2.50. The van der Waals surface area contributed by atoms with E-state index < -0.39 is 11.7 Å². The van der Waals surface area contributed by atoms with E-state index in [0.29, 0.717) is 0 Å². The van der Waals surface area contributed by atoms with Crippen molar-refractivity contribution in [3.05, 3.63) is 91.0 Å². The van der Waals surface area contributed by atoms with Crippen molar-refractivity contribution in [2.24, 2.45) is 0 Å². The van der Waals surface area contributed by atoms with Crippen molar-refractivity contribution in [1.82, 2.24) is 0 Å². The van der Waals surface area contributed by atoms with E-state index in [-0.39, 0.29) is 0 Å². The third-order valence-electron chi connectivity index (χ3n) is 3.51. The Balaban J connectivity index is 2.24. The number of hydrogen-bond donors (Lipinski definition) is 0. The summed E-state index contributed by atoms with van der Waals surface area (Å²) in [6.07, 6.45) is 0. The van der Waals surface area contributed by atoms with Crippen LogP contribution in [0.4, 0.5) is 0 Å². The van der Waals surface area contributed by atoms with E-state index in [1.807, 2.05) is 0 Å². The molecule has 20 heavy (non-hydrogen) atoms. The van der Waals surface area contributed by atoms with Gasteiger partial charge in [0.25, 0.3) is 0 Å². The molecule has 0 unspecified atom stereocenters. The molecule has 0 aliphatic heterocycles. The van der Waals surface area contributed by atoms with Crippen LogP contribution >= 0.6 is 13.9 Å². The van der Waals surface area contributed by atoms with Crippen LogP contribution in [-0.4, -0.2) is 11.7 Å². The number of benzene rings is 3. The van der Waals surface area contributed by atoms with E-state index in [1.165, 1.54) is 13.1 Å². The molecule has 2 heteroatoms. The molecule has 0 saturated heterocycles. The van der Waals surface area contributed by atoms with Gasteiger partial charge in [0.1, 0.15) is 0 Å². The zero-order chi connectivity index (χ0) is 13.8. The molecule has 3 aromatic carbocycles. The van der Waals surface area contributed by atoms with Crippen molar-refractivity contribution in [2.75, 3.05) is 0 Å². The third kappa shape index (κ3) is 2.48. The summed E-state index contributed by atoms with van der Waals surface area (Å²) in [5.74, 6) is 0. The molecule has 0 aliphatic carbocycles. The Morgan fingerprint density at radius 2 is 0.700 bits per heavy atom. The Kier molecular flexibility index (Phi) is 4.10. The van der Waals surface area contributed by atoms with E-state index >= 15 is 0 Å². The molecule has 0 fully saturated rings. The molecule has 0 bridgehead atoms. The first-order valence-corrected chi connectivity index (χ1v) is 14.7. The summed E-state index contributed by atoms with van der Waals surface area (Å²) >= 11 is 1.52. The van der Waals surface area contributed by atoms with Crippen molar-refractivity contribution in [1.29, 1.82) is 0 Å². The quantitative estimate of drug-likeness (QED) is 0.607. The van der Waals surface area contributed by atoms with Gasteiger partial charge in [0.2, 0.25) is 0 Å². The van der Waals surface area contributed by atoms with E-state index in [9.17, 15) is 0 Å². The number of halogens is 1. The molecule has 0 amide bonds. The molecule has 3 aromatic rings. The first-order chi connectivity index (χ1) is 9.82. The molecule has 0 nitrogen and oxygen atoms in total. The Morgan fingerprint density at radius 3 is 0.950 bits per heavy atom. The van der Waals surface area contributed by atoms with Crippen LogP contribution in [0.5, 0.6) is 0 Å². The van der Waals surface area contributed by atoms with Crippen molar-refractivity contribution < 1.29 is 0 Å². The van der Waals surface area contributed by atoms with Gasteiger partial charge < -0.3 is 0 Å². The summed E-state index contributed by atoms with van der Waals surface area (Å²) in [5, 5.41) is 0. The molecule has 0 spiro atoms. The minimum absolute atomic E-state index is 1.42. The Hall–Kier alpha value is -1.30. The van der Waals surface area contributed by atoms with Crippen LogP contribution < -0.4 is 13.1 Å². The third-order valence-corrected chi connectivity index (χ3v) is 17.8. The van der Waals surface area contributed by atoms with Gasteiger partial charge >= 0.3 is 130 Å². The average Bonchev–Trinajstić information content (AvgIpc) is 2.56. The maximum atomic E-state index is 4.20. The molecule has 0 heterocycles. The summed E-state index contributed by atoms with van der Waals surface area (Å²) < 4.78 is 4.26. The molecule has 0 radical (unpaired) electrons. The van der Waals surface area contributed by atoms with Gasteiger partial charge in [-0.2, -0.15) is 0 Å². The monoisotopic (exact) mass is 386 g/mol. The van der Waals surface area contributed by atoms with Gasteiger partial charge in [-0.15, -0.1) is 0 Å². The van der Waals surface area contributed by atoms with E-state index in [0.717, 1.165) is 0 Å². The van der Waals surface area contributed by atoms with Crippen molar-refractivity contribution in [3.8, 4) is 0 Å². The maximum absolute atomic E-state index is 4.20. The summed E-state index contributed by atoms with van der Waals surface area (Å²) in [5.41, 5.74) is 0. The molecule has 0 saturated carbocycles. The van der Waals surface area contributed by atoms with Gasteiger partial charge in [-0.25, -0.2) is 0 Å². The zero-order valence-electron chi connectivity index (χ0n) is 11.0. The fourth-order valence-corrected chi connectivity index (χ4v) is 12.8. The number of hydrogen-bond acceptors (Lipinski definition) is 0. The minimum atomic E-state index is -2.68. The Bertz CT molecular complexity index is 569. The molecule has 0 aromatic heterocycles.